The Morgan fingerprint density at radius 1 is 1.18 bits per heavy atom. The molecule has 6 nitrogen and oxygen atoms in total. The summed E-state index contributed by atoms with van der Waals surface area (Å²) in [5.41, 5.74) is 2.42. The molecule has 34 heavy (non-hydrogen) atoms. The van der Waals surface area contributed by atoms with Crippen LogP contribution in [0.1, 0.15) is 56.2 Å². The second-order valence-electron chi connectivity index (χ2n) is 8.98. The minimum Gasteiger partial charge on any atom is -0.493 e. The zero-order valence-electron chi connectivity index (χ0n) is 20.0. The molecular weight excluding hydrogens is 435 g/mol. The summed E-state index contributed by atoms with van der Waals surface area (Å²) in [6.07, 6.45) is 4.83. The summed E-state index contributed by atoms with van der Waals surface area (Å²) in [5, 5.41) is 5.15. The quantitative estimate of drug-likeness (QED) is 0.345. The third-order valence-electron chi connectivity index (χ3n) is 6.47. The van der Waals surface area contributed by atoms with E-state index in [1.165, 1.54) is 12.1 Å². The molecule has 2 heterocycles. The third-order valence-corrected chi connectivity index (χ3v) is 6.47. The van der Waals surface area contributed by atoms with Crippen molar-refractivity contribution in [1.29, 1.82) is 0 Å². The summed E-state index contributed by atoms with van der Waals surface area (Å²) in [5.74, 6) is 1.66. The van der Waals surface area contributed by atoms with Gasteiger partial charge in [0, 0.05) is 36.8 Å². The van der Waals surface area contributed by atoms with Crippen molar-refractivity contribution in [2.24, 2.45) is 0 Å². The van der Waals surface area contributed by atoms with Gasteiger partial charge in [0.15, 0.2) is 17.1 Å². The number of hydrogen-bond acceptors (Lipinski definition) is 6. The number of ketones is 1. The summed E-state index contributed by atoms with van der Waals surface area (Å²) in [7, 11) is 1.62. The van der Waals surface area contributed by atoms with Gasteiger partial charge in [-0.3, -0.25) is 4.79 Å². The van der Waals surface area contributed by atoms with Crippen LogP contribution in [-0.2, 0) is 11.2 Å². The fraction of sp³-hybridized carbons (Fsp3) is 0.481. The molecule has 0 bridgehead atoms. The molecule has 0 atom stereocenters. The van der Waals surface area contributed by atoms with Crippen LogP contribution in [0.15, 0.2) is 40.9 Å². The van der Waals surface area contributed by atoms with Gasteiger partial charge in [0.25, 0.3) is 0 Å². The molecule has 0 unspecified atom stereocenters. The topological polar surface area (TPSA) is 64.8 Å². The average Bonchev–Trinajstić information content (AvgIpc) is 3.26. The average molecular weight is 469 g/mol. The van der Waals surface area contributed by atoms with Gasteiger partial charge in [-0.05, 0) is 68.6 Å². The van der Waals surface area contributed by atoms with E-state index in [0.717, 1.165) is 62.0 Å². The Morgan fingerprint density at radius 3 is 2.76 bits per heavy atom. The third kappa shape index (κ3) is 5.95. The minimum absolute atomic E-state index is 0.243. The molecule has 1 saturated heterocycles. The maximum atomic E-state index is 13.4. The predicted octanol–water partition coefficient (Wildman–Crippen LogP) is 5.54. The van der Waals surface area contributed by atoms with E-state index in [9.17, 15) is 9.18 Å². The fourth-order valence-corrected chi connectivity index (χ4v) is 4.66. The van der Waals surface area contributed by atoms with E-state index in [-0.39, 0.29) is 11.6 Å². The highest BCUT2D eigenvalue weighted by Gasteiger charge is 2.25. The van der Waals surface area contributed by atoms with E-state index in [0.29, 0.717) is 42.4 Å². The van der Waals surface area contributed by atoms with Gasteiger partial charge in [-0.2, -0.15) is 0 Å². The molecule has 1 fully saturated rings. The molecule has 2 aromatic carbocycles. The molecule has 7 heteroatoms. The number of Topliss-reactive ketones (excluding diaryl/α,β-unsaturated/α-hetero) is 1. The van der Waals surface area contributed by atoms with Crippen LogP contribution in [0, 0.1) is 5.82 Å². The highest BCUT2D eigenvalue weighted by Crippen LogP contribution is 2.33. The van der Waals surface area contributed by atoms with Gasteiger partial charge >= 0.3 is 0 Å². The van der Waals surface area contributed by atoms with E-state index in [1.807, 2.05) is 25.1 Å². The lowest BCUT2D eigenvalue weighted by molar-refractivity contribution is -0.118. The number of carbonyl (C=O) groups is 1. The number of piperidine rings is 1. The van der Waals surface area contributed by atoms with Crippen LogP contribution < -0.4 is 9.47 Å². The molecular formula is C27H33FN2O4. The number of halogens is 1. The number of carbonyl (C=O) groups excluding carboxylic acids is 1. The molecule has 0 spiro atoms. The van der Waals surface area contributed by atoms with Gasteiger partial charge in [-0.15, -0.1) is 0 Å². The monoisotopic (exact) mass is 468 g/mol. The van der Waals surface area contributed by atoms with Crippen LogP contribution in [-0.4, -0.2) is 49.2 Å². The number of ether oxygens (including phenoxy) is 2. The van der Waals surface area contributed by atoms with Crippen molar-refractivity contribution in [3.63, 3.8) is 0 Å². The lowest BCUT2D eigenvalue weighted by Gasteiger charge is -2.31. The maximum absolute atomic E-state index is 13.4. The lowest BCUT2D eigenvalue weighted by Crippen LogP contribution is -2.34. The molecule has 1 aliphatic heterocycles. The van der Waals surface area contributed by atoms with E-state index in [4.69, 9.17) is 14.0 Å². The van der Waals surface area contributed by atoms with Crippen molar-refractivity contribution in [3.8, 4) is 11.5 Å². The standard InChI is InChI=1S/C27H33FN2O4/c1-3-5-22(31)16-19-6-9-24(26(17-19)32-2)33-15-4-12-30-13-10-20(11-14-30)27-23-8-7-21(28)18-25(23)34-29-27/h6-9,17-18,20H,3-5,10-16H2,1-2H3. The predicted molar refractivity (Wildman–Crippen MR) is 129 cm³/mol. The van der Waals surface area contributed by atoms with Crippen molar-refractivity contribution in [1.82, 2.24) is 10.1 Å². The highest BCUT2D eigenvalue weighted by atomic mass is 19.1. The molecule has 4 rings (SSSR count). The number of methoxy groups -OCH3 is 1. The van der Waals surface area contributed by atoms with Crippen LogP contribution in [0.4, 0.5) is 4.39 Å². The molecule has 0 amide bonds. The van der Waals surface area contributed by atoms with Gasteiger partial charge in [-0.1, -0.05) is 18.1 Å². The first kappa shape index (κ1) is 24.2. The number of fused-ring (bicyclic) bond motifs is 1. The van der Waals surface area contributed by atoms with Crippen LogP contribution >= 0.6 is 0 Å². The van der Waals surface area contributed by atoms with Crippen LogP contribution in [0.5, 0.6) is 11.5 Å². The van der Waals surface area contributed by atoms with Crippen molar-refractivity contribution >= 4 is 16.8 Å². The Labute approximate surface area is 200 Å². The van der Waals surface area contributed by atoms with Crippen LogP contribution in [0.25, 0.3) is 11.0 Å². The molecule has 0 radical (unpaired) electrons. The summed E-state index contributed by atoms with van der Waals surface area (Å²) in [6, 6.07) is 10.4. The summed E-state index contributed by atoms with van der Waals surface area (Å²) >= 11 is 0. The van der Waals surface area contributed by atoms with E-state index in [1.54, 1.807) is 13.2 Å². The van der Waals surface area contributed by atoms with Crippen molar-refractivity contribution in [2.75, 3.05) is 33.4 Å². The Kier molecular flexibility index (Phi) is 8.16. The number of nitrogens with zero attached hydrogens (tertiary/aromatic N) is 2. The first-order valence-corrected chi connectivity index (χ1v) is 12.2. The van der Waals surface area contributed by atoms with Gasteiger partial charge in [0.05, 0.1) is 19.4 Å². The SMILES string of the molecule is CCCC(=O)Cc1ccc(OCCCN2CCC(c3noc4cc(F)ccc34)CC2)c(OC)c1. The maximum Gasteiger partial charge on any atom is 0.170 e. The van der Waals surface area contributed by atoms with Gasteiger partial charge in [0.2, 0.25) is 0 Å². The Bertz CT molecular complexity index is 1110. The smallest absolute Gasteiger partial charge is 0.170 e. The number of hydrogen-bond donors (Lipinski definition) is 0. The highest BCUT2D eigenvalue weighted by molar-refractivity contribution is 5.81. The molecule has 0 saturated carbocycles. The van der Waals surface area contributed by atoms with E-state index >= 15 is 0 Å². The Hall–Kier alpha value is -2.93. The van der Waals surface area contributed by atoms with Gasteiger partial charge in [-0.25, -0.2) is 4.39 Å². The van der Waals surface area contributed by atoms with Crippen LogP contribution in [0.2, 0.25) is 0 Å². The summed E-state index contributed by atoms with van der Waals surface area (Å²) in [6.45, 7) is 5.56. The fourth-order valence-electron chi connectivity index (χ4n) is 4.66. The number of aromatic nitrogens is 1. The van der Waals surface area contributed by atoms with Crippen molar-refractivity contribution < 1.29 is 23.2 Å². The van der Waals surface area contributed by atoms with Crippen molar-refractivity contribution in [3.05, 3.63) is 53.5 Å². The Morgan fingerprint density at radius 2 is 2.00 bits per heavy atom. The van der Waals surface area contributed by atoms with Crippen LogP contribution in [0.3, 0.4) is 0 Å². The van der Waals surface area contributed by atoms with Gasteiger partial charge < -0.3 is 18.9 Å². The second-order valence-corrected chi connectivity index (χ2v) is 8.98. The van der Waals surface area contributed by atoms with E-state index in [2.05, 4.69) is 10.1 Å². The molecule has 182 valence electrons. The second kappa shape index (κ2) is 11.5. The first-order valence-electron chi connectivity index (χ1n) is 12.2. The molecule has 1 aliphatic rings. The number of benzene rings is 2. The summed E-state index contributed by atoms with van der Waals surface area (Å²) in [4.78, 5) is 14.4. The number of rotatable bonds is 11. The number of likely N-dealkylation sites (tertiary alicyclic amines) is 1. The molecule has 0 aliphatic carbocycles. The molecule has 1 aromatic heterocycles. The van der Waals surface area contributed by atoms with E-state index < -0.39 is 0 Å². The summed E-state index contributed by atoms with van der Waals surface area (Å²) < 4.78 is 30.2. The normalized spacial score (nSPS) is 15.0. The lowest BCUT2D eigenvalue weighted by atomic mass is 9.91. The van der Waals surface area contributed by atoms with Crippen molar-refractivity contribution in [2.45, 2.75) is 51.4 Å². The van der Waals surface area contributed by atoms with Gasteiger partial charge in [0.1, 0.15) is 11.6 Å². The zero-order chi connectivity index (χ0) is 23.9. The molecule has 3 aromatic rings. The Balaban J connectivity index is 1.21. The first-order chi connectivity index (χ1) is 16.6. The molecule has 0 N–H and O–H groups in total. The zero-order valence-corrected chi connectivity index (χ0v) is 20.0. The minimum atomic E-state index is -0.303. The largest absolute Gasteiger partial charge is 0.493 e.